The second kappa shape index (κ2) is 6.41. The normalized spacial score (nSPS) is 19.5. The van der Waals surface area contributed by atoms with Crippen LogP contribution in [0.4, 0.5) is 5.69 Å². The molecule has 1 aromatic carbocycles. The first-order valence-electron chi connectivity index (χ1n) is 6.62. The number of rotatable bonds is 5. The van der Waals surface area contributed by atoms with Crippen LogP contribution in [0.25, 0.3) is 0 Å². The molecule has 3 nitrogen and oxygen atoms in total. The van der Waals surface area contributed by atoms with E-state index in [2.05, 4.69) is 11.0 Å². The van der Waals surface area contributed by atoms with E-state index in [0.717, 1.165) is 30.0 Å². The minimum absolute atomic E-state index is 0.273. The van der Waals surface area contributed by atoms with Crippen molar-refractivity contribution in [3.8, 4) is 0 Å². The highest BCUT2D eigenvalue weighted by Crippen LogP contribution is 2.32. The van der Waals surface area contributed by atoms with Crippen LogP contribution >= 0.6 is 11.6 Å². The standard InChI is InChI=1S/C14H21ClN2O/c15-12-5-6-14(11(9-12)10-16)17-7-1-3-13(17)4-2-8-18/h5-6,9,13,18H,1-4,7-8,10,16H2. The fourth-order valence-corrected chi connectivity index (χ4v) is 2.97. The van der Waals surface area contributed by atoms with Gasteiger partial charge in [-0.15, -0.1) is 0 Å². The van der Waals surface area contributed by atoms with Gasteiger partial charge >= 0.3 is 0 Å². The van der Waals surface area contributed by atoms with Crippen molar-refractivity contribution in [2.24, 2.45) is 5.73 Å². The van der Waals surface area contributed by atoms with Crippen LogP contribution in [0.5, 0.6) is 0 Å². The van der Waals surface area contributed by atoms with Crippen molar-refractivity contribution in [1.82, 2.24) is 0 Å². The zero-order chi connectivity index (χ0) is 13.0. The van der Waals surface area contributed by atoms with E-state index in [4.69, 9.17) is 22.4 Å². The van der Waals surface area contributed by atoms with Crippen LogP contribution < -0.4 is 10.6 Å². The lowest BCUT2D eigenvalue weighted by molar-refractivity contribution is 0.279. The van der Waals surface area contributed by atoms with Crippen LogP contribution in [0.1, 0.15) is 31.2 Å². The third-order valence-electron chi connectivity index (χ3n) is 3.64. The monoisotopic (exact) mass is 268 g/mol. The zero-order valence-electron chi connectivity index (χ0n) is 10.6. The summed E-state index contributed by atoms with van der Waals surface area (Å²) in [7, 11) is 0. The summed E-state index contributed by atoms with van der Waals surface area (Å²) in [5, 5.41) is 9.71. The van der Waals surface area contributed by atoms with Gasteiger partial charge in [-0.3, -0.25) is 0 Å². The van der Waals surface area contributed by atoms with Gasteiger partial charge in [0.1, 0.15) is 0 Å². The molecule has 1 saturated heterocycles. The molecule has 3 N–H and O–H groups in total. The molecule has 0 amide bonds. The van der Waals surface area contributed by atoms with Gasteiger partial charge in [-0.05, 0) is 49.4 Å². The third-order valence-corrected chi connectivity index (χ3v) is 3.88. The minimum atomic E-state index is 0.273. The Hall–Kier alpha value is -0.770. The number of halogens is 1. The summed E-state index contributed by atoms with van der Waals surface area (Å²) in [6, 6.07) is 6.49. The molecule has 1 aliphatic rings. The van der Waals surface area contributed by atoms with Gasteiger partial charge in [0.25, 0.3) is 0 Å². The topological polar surface area (TPSA) is 49.5 Å². The quantitative estimate of drug-likeness (QED) is 0.863. The second-order valence-corrected chi connectivity index (χ2v) is 5.27. The van der Waals surface area contributed by atoms with Gasteiger partial charge in [-0.25, -0.2) is 0 Å². The second-order valence-electron chi connectivity index (χ2n) is 4.83. The molecule has 4 heteroatoms. The average molecular weight is 269 g/mol. The lowest BCUT2D eigenvalue weighted by Gasteiger charge is -2.29. The fourth-order valence-electron chi connectivity index (χ4n) is 2.78. The Bertz CT molecular complexity index is 397. The van der Waals surface area contributed by atoms with Gasteiger partial charge in [0, 0.05) is 36.4 Å². The van der Waals surface area contributed by atoms with E-state index in [0.29, 0.717) is 12.6 Å². The molecule has 0 aromatic heterocycles. The van der Waals surface area contributed by atoms with Crippen LogP contribution in [-0.4, -0.2) is 24.3 Å². The first-order chi connectivity index (χ1) is 8.76. The highest BCUT2D eigenvalue weighted by Gasteiger charge is 2.25. The summed E-state index contributed by atoms with van der Waals surface area (Å²) in [6.07, 6.45) is 4.32. The molecule has 1 atom stereocenters. The van der Waals surface area contributed by atoms with Crippen molar-refractivity contribution in [1.29, 1.82) is 0 Å². The predicted molar refractivity (Wildman–Crippen MR) is 76.0 cm³/mol. The van der Waals surface area contributed by atoms with Crippen LogP contribution in [-0.2, 0) is 6.54 Å². The molecule has 1 aromatic rings. The summed E-state index contributed by atoms with van der Waals surface area (Å²) in [4.78, 5) is 2.42. The first-order valence-corrected chi connectivity index (χ1v) is 7.00. The van der Waals surface area contributed by atoms with E-state index in [-0.39, 0.29) is 6.61 Å². The number of anilines is 1. The van der Waals surface area contributed by atoms with Crippen molar-refractivity contribution in [2.45, 2.75) is 38.3 Å². The average Bonchev–Trinajstić information content (AvgIpc) is 2.84. The summed E-state index contributed by atoms with van der Waals surface area (Å²) in [5.41, 5.74) is 8.13. The lowest BCUT2D eigenvalue weighted by atomic mass is 10.1. The maximum absolute atomic E-state index is 8.96. The Balaban J connectivity index is 2.18. The van der Waals surface area contributed by atoms with E-state index >= 15 is 0 Å². The van der Waals surface area contributed by atoms with E-state index in [9.17, 15) is 0 Å². The van der Waals surface area contributed by atoms with Gasteiger partial charge in [0.05, 0.1) is 0 Å². The Kier molecular flexibility index (Phi) is 4.87. The highest BCUT2D eigenvalue weighted by molar-refractivity contribution is 6.30. The smallest absolute Gasteiger partial charge is 0.0431 e. The first kappa shape index (κ1) is 13.7. The molecule has 0 bridgehead atoms. The third kappa shape index (κ3) is 2.97. The Morgan fingerprint density at radius 1 is 1.44 bits per heavy atom. The summed E-state index contributed by atoms with van der Waals surface area (Å²) in [5.74, 6) is 0. The van der Waals surface area contributed by atoms with Crippen molar-refractivity contribution in [3.63, 3.8) is 0 Å². The molecule has 0 radical (unpaired) electrons. The number of hydrogen-bond acceptors (Lipinski definition) is 3. The molecule has 100 valence electrons. The van der Waals surface area contributed by atoms with Crippen molar-refractivity contribution < 1.29 is 5.11 Å². The Morgan fingerprint density at radius 3 is 3.00 bits per heavy atom. The minimum Gasteiger partial charge on any atom is -0.396 e. The van der Waals surface area contributed by atoms with Gasteiger partial charge < -0.3 is 15.7 Å². The largest absolute Gasteiger partial charge is 0.396 e. The maximum atomic E-state index is 8.96. The highest BCUT2D eigenvalue weighted by atomic mass is 35.5. The lowest BCUT2D eigenvalue weighted by Crippen LogP contribution is -2.30. The fraction of sp³-hybridized carbons (Fsp3) is 0.571. The number of hydrogen-bond donors (Lipinski definition) is 2. The molecule has 0 spiro atoms. The Labute approximate surface area is 114 Å². The molecule has 1 aliphatic heterocycles. The SMILES string of the molecule is NCc1cc(Cl)ccc1N1CCCC1CCCO. The van der Waals surface area contributed by atoms with Crippen molar-refractivity contribution in [3.05, 3.63) is 28.8 Å². The number of aliphatic hydroxyl groups is 1. The van der Waals surface area contributed by atoms with Gasteiger partial charge in [-0.2, -0.15) is 0 Å². The summed E-state index contributed by atoms with van der Waals surface area (Å²) in [6.45, 7) is 1.86. The van der Waals surface area contributed by atoms with Gasteiger partial charge in [0.2, 0.25) is 0 Å². The number of benzene rings is 1. The van der Waals surface area contributed by atoms with Crippen LogP contribution in [0, 0.1) is 0 Å². The van der Waals surface area contributed by atoms with E-state index in [1.165, 1.54) is 18.5 Å². The molecule has 0 saturated carbocycles. The zero-order valence-corrected chi connectivity index (χ0v) is 11.4. The van der Waals surface area contributed by atoms with Gasteiger partial charge in [-0.1, -0.05) is 11.6 Å². The number of nitrogens with zero attached hydrogens (tertiary/aromatic N) is 1. The van der Waals surface area contributed by atoms with Crippen molar-refractivity contribution >= 4 is 17.3 Å². The van der Waals surface area contributed by atoms with Crippen molar-refractivity contribution in [2.75, 3.05) is 18.1 Å². The molecule has 1 fully saturated rings. The number of nitrogens with two attached hydrogens (primary N) is 1. The van der Waals surface area contributed by atoms with E-state index in [1.807, 2.05) is 12.1 Å². The Morgan fingerprint density at radius 2 is 2.28 bits per heavy atom. The molecule has 1 unspecified atom stereocenters. The van der Waals surface area contributed by atoms with Crippen LogP contribution in [0.2, 0.25) is 5.02 Å². The molecule has 2 rings (SSSR count). The van der Waals surface area contributed by atoms with Crippen LogP contribution in [0.15, 0.2) is 18.2 Å². The molecule has 1 heterocycles. The number of aliphatic hydroxyl groups excluding tert-OH is 1. The summed E-state index contributed by atoms with van der Waals surface area (Å²) < 4.78 is 0. The summed E-state index contributed by atoms with van der Waals surface area (Å²) >= 11 is 6.02. The molecular weight excluding hydrogens is 248 g/mol. The van der Waals surface area contributed by atoms with E-state index < -0.39 is 0 Å². The molecule has 18 heavy (non-hydrogen) atoms. The van der Waals surface area contributed by atoms with E-state index in [1.54, 1.807) is 0 Å². The molecular formula is C14H21ClN2O. The predicted octanol–water partition coefficient (Wildman–Crippen LogP) is 2.54. The van der Waals surface area contributed by atoms with Crippen LogP contribution in [0.3, 0.4) is 0 Å². The molecule has 0 aliphatic carbocycles. The maximum Gasteiger partial charge on any atom is 0.0431 e. The van der Waals surface area contributed by atoms with Gasteiger partial charge in [0.15, 0.2) is 0 Å².